The van der Waals surface area contributed by atoms with Crippen LogP contribution in [0.4, 0.5) is 5.82 Å². The average Bonchev–Trinajstić information content (AvgIpc) is 2.92. The van der Waals surface area contributed by atoms with Crippen molar-refractivity contribution in [3.63, 3.8) is 0 Å². The fourth-order valence-corrected chi connectivity index (χ4v) is 4.11. The molecule has 4 heteroatoms. The topological polar surface area (TPSA) is 48.7 Å². The lowest BCUT2D eigenvalue weighted by Gasteiger charge is -2.22. The molecule has 1 saturated heterocycles. The number of nitriles is 1. The molecule has 1 aromatic rings. The Morgan fingerprint density at radius 3 is 3.11 bits per heavy atom. The van der Waals surface area contributed by atoms with Crippen LogP contribution in [0, 0.1) is 11.3 Å². The van der Waals surface area contributed by atoms with Crippen molar-refractivity contribution in [2.45, 2.75) is 43.8 Å². The Kier molecular flexibility index (Phi) is 3.93. The van der Waals surface area contributed by atoms with Gasteiger partial charge < -0.3 is 5.32 Å². The number of nitrogens with one attached hydrogen (secondary N) is 1. The van der Waals surface area contributed by atoms with Crippen molar-refractivity contribution in [3.8, 4) is 6.07 Å². The van der Waals surface area contributed by atoms with Gasteiger partial charge in [-0.2, -0.15) is 17.0 Å². The minimum atomic E-state index is 0.676. The van der Waals surface area contributed by atoms with E-state index in [9.17, 15) is 5.26 Å². The van der Waals surface area contributed by atoms with E-state index < -0.39 is 0 Å². The first-order chi connectivity index (χ1) is 9.36. The van der Waals surface area contributed by atoms with Gasteiger partial charge in [-0.3, -0.25) is 0 Å². The van der Waals surface area contributed by atoms with Gasteiger partial charge in [-0.1, -0.05) is 6.42 Å². The van der Waals surface area contributed by atoms with Crippen LogP contribution in [0.2, 0.25) is 0 Å². The number of nitrogens with zero attached hydrogens (tertiary/aromatic N) is 2. The zero-order chi connectivity index (χ0) is 13.1. The molecule has 0 saturated carbocycles. The van der Waals surface area contributed by atoms with E-state index in [0.717, 1.165) is 25.2 Å². The van der Waals surface area contributed by atoms with E-state index in [1.165, 1.54) is 42.7 Å². The highest BCUT2D eigenvalue weighted by Gasteiger charge is 2.18. The monoisotopic (exact) mass is 273 g/mol. The van der Waals surface area contributed by atoms with Gasteiger partial charge in [-0.15, -0.1) is 0 Å². The maximum atomic E-state index is 9.25. The molecule has 0 radical (unpaired) electrons. The molecule has 1 aliphatic heterocycles. The molecule has 1 fully saturated rings. The Balaban J connectivity index is 1.71. The van der Waals surface area contributed by atoms with Crippen molar-refractivity contribution in [1.82, 2.24) is 4.98 Å². The SMILES string of the molecule is N#Cc1cc2c(nc1NCC1CCCCS1)CCC2. The third-order valence-electron chi connectivity index (χ3n) is 3.94. The fraction of sp³-hybridized carbons (Fsp3) is 0.600. The molecule has 1 unspecified atom stereocenters. The molecule has 0 spiro atoms. The van der Waals surface area contributed by atoms with Crippen molar-refractivity contribution >= 4 is 17.6 Å². The van der Waals surface area contributed by atoms with Crippen LogP contribution in [-0.4, -0.2) is 22.5 Å². The summed E-state index contributed by atoms with van der Waals surface area (Å²) < 4.78 is 0. The summed E-state index contributed by atoms with van der Waals surface area (Å²) in [4.78, 5) is 4.67. The molecule has 100 valence electrons. The predicted octanol–water partition coefficient (Wildman–Crippen LogP) is 3.14. The van der Waals surface area contributed by atoms with Gasteiger partial charge in [0.05, 0.1) is 5.56 Å². The van der Waals surface area contributed by atoms with Crippen LogP contribution in [0.1, 0.15) is 42.5 Å². The number of rotatable bonds is 3. The van der Waals surface area contributed by atoms with E-state index in [1.807, 2.05) is 17.8 Å². The molecule has 3 nitrogen and oxygen atoms in total. The predicted molar refractivity (Wildman–Crippen MR) is 79.6 cm³/mol. The van der Waals surface area contributed by atoms with Crippen LogP contribution in [-0.2, 0) is 12.8 Å². The van der Waals surface area contributed by atoms with Gasteiger partial charge >= 0.3 is 0 Å². The van der Waals surface area contributed by atoms with E-state index in [0.29, 0.717) is 10.8 Å². The summed E-state index contributed by atoms with van der Waals surface area (Å²) in [5, 5.41) is 13.3. The second-order valence-corrected chi connectivity index (χ2v) is 6.73. The van der Waals surface area contributed by atoms with Crippen molar-refractivity contribution < 1.29 is 0 Å². The average molecular weight is 273 g/mol. The second kappa shape index (κ2) is 5.83. The first-order valence-electron chi connectivity index (χ1n) is 7.15. The summed E-state index contributed by atoms with van der Waals surface area (Å²) in [6.07, 6.45) is 7.28. The first kappa shape index (κ1) is 12.8. The molecule has 0 bridgehead atoms. The minimum absolute atomic E-state index is 0.676. The lowest BCUT2D eigenvalue weighted by Crippen LogP contribution is -2.21. The largest absolute Gasteiger partial charge is 0.368 e. The number of thioether (sulfide) groups is 1. The van der Waals surface area contributed by atoms with Crippen LogP contribution in [0.25, 0.3) is 0 Å². The van der Waals surface area contributed by atoms with Crippen LogP contribution < -0.4 is 5.32 Å². The maximum absolute atomic E-state index is 9.25. The highest BCUT2D eigenvalue weighted by atomic mass is 32.2. The second-order valence-electron chi connectivity index (χ2n) is 5.33. The van der Waals surface area contributed by atoms with E-state index in [1.54, 1.807) is 0 Å². The van der Waals surface area contributed by atoms with Gasteiger partial charge in [0.2, 0.25) is 0 Å². The summed E-state index contributed by atoms with van der Waals surface area (Å²) in [5.74, 6) is 2.07. The molecule has 1 atom stereocenters. The number of fused-ring (bicyclic) bond motifs is 1. The Morgan fingerprint density at radius 2 is 2.32 bits per heavy atom. The van der Waals surface area contributed by atoms with Gasteiger partial charge in [0.25, 0.3) is 0 Å². The van der Waals surface area contributed by atoms with Crippen LogP contribution in [0.3, 0.4) is 0 Å². The molecule has 2 aliphatic rings. The number of hydrogen-bond acceptors (Lipinski definition) is 4. The summed E-state index contributed by atoms with van der Waals surface area (Å²) in [5.41, 5.74) is 3.17. The molecule has 0 aromatic carbocycles. The quantitative estimate of drug-likeness (QED) is 0.919. The zero-order valence-electron chi connectivity index (χ0n) is 11.1. The third-order valence-corrected chi connectivity index (χ3v) is 5.34. The van der Waals surface area contributed by atoms with E-state index >= 15 is 0 Å². The Bertz CT molecular complexity index is 501. The normalized spacial score (nSPS) is 21.7. The molecule has 1 aliphatic carbocycles. The van der Waals surface area contributed by atoms with E-state index in [4.69, 9.17) is 0 Å². The van der Waals surface area contributed by atoms with Gasteiger partial charge in [-0.05, 0) is 49.5 Å². The number of anilines is 1. The smallest absolute Gasteiger partial charge is 0.144 e. The van der Waals surface area contributed by atoms with Crippen molar-refractivity contribution in [1.29, 1.82) is 5.26 Å². The molecule has 0 amide bonds. The fourth-order valence-electron chi connectivity index (χ4n) is 2.87. The maximum Gasteiger partial charge on any atom is 0.144 e. The molecule has 1 N–H and O–H groups in total. The molecule has 3 rings (SSSR count). The Morgan fingerprint density at radius 1 is 1.37 bits per heavy atom. The lowest BCUT2D eigenvalue weighted by atomic mass is 10.1. The van der Waals surface area contributed by atoms with Crippen LogP contribution in [0.5, 0.6) is 0 Å². The molecular weight excluding hydrogens is 254 g/mol. The molecule has 2 heterocycles. The van der Waals surface area contributed by atoms with Gasteiger partial charge in [0.1, 0.15) is 11.9 Å². The highest BCUT2D eigenvalue weighted by molar-refractivity contribution is 7.99. The standard InChI is InChI=1S/C15H19N3S/c16-9-12-8-11-4-3-6-14(11)18-15(12)17-10-13-5-1-2-7-19-13/h8,13H,1-7,10H2,(H,17,18). The lowest BCUT2D eigenvalue weighted by molar-refractivity contribution is 0.677. The number of pyridine rings is 1. The van der Waals surface area contributed by atoms with E-state index in [2.05, 4.69) is 16.4 Å². The zero-order valence-corrected chi connectivity index (χ0v) is 11.9. The summed E-state index contributed by atoms with van der Waals surface area (Å²) in [6.45, 7) is 0.936. The van der Waals surface area contributed by atoms with E-state index in [-0.39, 0.29) is 0 Å². The minimum Gasteiger partial charge on any atom is -0.368 e. The van der Waals surface area contributed by atoms with Crippen LogP contribution >= 0.6 is 11.8 Å². The summed E-state index contributed by atoms with van der Waals surface area (Å²) in [7, 11) is 0. The van der Waals surface area contributed by atoms with Gasteiger partial charge in [0, 0.05) is 17.5 Å². The Labute approximate surface area is 118 Å². The molecular formula is C15H19N3S. The van der Waals surface area contributed by atoms with Crippen LogP contribution in [0.15, 0.2) is 6.07 Å². The van der Waals surface area contributed by atoms with Crippen molar-refractivity contribution in [2.24, 2.45) is 0 Å². The summed E-state index contributed by atoms with van der Waals surface area (Å²) >= 11 is 2.05. The van der Waals surface area contributed by atoms with Crippen molar-refractivity contribution in [3.05, 3.63) is 22.9 Å². The van der Waals surface area contributed by atoms with Crippen molar-refractivity contribution in [2.75, 3.05) is 17.6 Å². The Hall–Kier alpha value is -1.21. The summed E-state index contributed by atoms with van der Waals surface area (Å²) in [6, 6.07) is 4.31. The molecule has 19 heavy (non-hydrogen) atoms. The van der Waals surface area contributed by atoms with Gasteiger partial charge in [-0.25, -0.2) is 4.98 Å². The third kappa shape index (κ3) is 2.87. The highest BCUT2D eigenvalue weighted by Crippen LogP contribution is 2.27. The molecule has 1 aromatic heterocycles. The van der Waals surface area contributed by atoms with Gasteiger partial charge in [0.15, 0.2) is 0 Å². The number of aryl methyl sites for hydroxylation is 2. The number of aromatic nitrogens is 1. The first-order valence-corrected chi connectivity index (χ1v) is 8.20. The number of hydrogen-bond donors (Lipinski definition) is 1.